The Hall–Kier alpha value is -1.09. The third-order valence-electron chi connectivity index (χ3n) is 3.33. The number of aryl methyl sites for hydroxylation is 1. The zero-order chi connectivity index (χ0) is 14.3. The van der Waals surface area contributed by atoms with Crippen LogP contribution in [-0.2, 0) is 6.42 Å². The van der Waals surface area contributed by atoms with E-state index in [0.717, 1.165) is 31.4 Å². The number of hydrogen-bond donors (Lipinski definition) is 1. The molecule has 19 heavy (non-hydrogen) atoms. The molecule has 108 valence electrons. The van der Waals surface area contributed by atoms with Gasteiger partial charge in [-0.05, 0) is 49.4 Å². The Labute approximate surface area is 116 Å². The first-order valence-corrected chi connectivity index (χ1v) is 7.08. The molecular formula is C16H26FNO. The molecule has 0 amide bonds. The predicted octanol–water partition coefficient (Wildman–Crippen LogP) is 3.79. The molecule has 0 spiro atoms. The highest BCUT2D eigenvalue weighted by molar-refractivity contribution is 5.29. The van der Waals surface area contributed by atoms with Crippen LogP contribution in [0.3, 0.4) is 0 Å². The fourth-order valence-electron chi connectivity index (χ4n) is 2.04. The highest BCUT2D eigenvalue weighted by atomic mass is 19.1. The van der Waals surface area contributed by atoms with Crippen molar-refractivity contribution in [2.24, 2.45) is 5.92 Å². The maximum Gasteiger partial charge on any atom is 0.165 e. The van der Waals surface area contributed by atoms with E-state index in [2.05, 4.69) is 26.1 Å². The second-order valence-corrected chi connectivity index (χ2v) is 5.51. The predicted molar refractivity (Wildman–Crippen MR) is 78.2 cm³/mol. The van der Waals surface area contributed by atoms with E-state index in [1.165, 1.54) is 7.11 Å². The average molecular weight is 267 g/mol. The van der Waals surface area contributed by atoms with Gasteiger partial charge in [0.25, 0.3) is 0 Å². The van der Waals surface area contributed by atoms with E-state index in [9.17, 15) is 4.39 Å². The summed E-state index contributed by atoms with van der Waals surface area (Å²) in [5.74, 6) is 0.698. The van der Waals surface area contributed by atoms with E-state index < -0.39 is 0 Å². The van der Waals surface area contributed by atoms with Crippen molar-refractivity contribution >= 4 is 0 Å². The van der Waals surface area contributed by atoms with Crippen LogP contribution in [0.25, 0.3) is 0 Å². The molecule has 0 aliphatic rings. The van der Waals surface area contributed by atoms with Gasteiger partial charge in [0.05, 0.1) is 7.11 Å². The molecule has 0 aliphatic carbocycles. The lowest BCUT2D eigenvalue weighted by Gasteiger charge is -2.14. The van der Waals surface area contributed by atoms with Gasteiger partial charge in [-0.1, -0.05) is 26.8 Å². The maximum absolute atomic E-state index is 13.5. The standard InChI is InChI=1S/C16H26FNO/c1-12(2)18-10-9-13(3)5-6-14-7-8-16(19-4)15(17)11-14/h7-8,11-13,18H,5-6,9-10H2,1-4H3. The van der Waals surface area contributed by atoms with Gasteiger partial charge in [0, 0.05) is 6.04 Å². The molecule has 0 radical (unpaired) electrons. The zero-order valence-electron chi connectivity index (χ0n) is 12.5. The van der Waals surface area contributed by atoms with Gasteiger partial charge < -0.3 is 10.1 Å². The summed E-state index contributed by atoms with van der Waals surface area (Å²) in [5.41, 5.74) is 1.04. The lowest BCUT2D eigenvalue weighted by atomic mass is 9.98. The first kappa shape index (κ1) is 16.0. The largest absolute Gasteiger partial charge is 0.494 e. The van der Waals surface area contributed by atoms with Gasteiger partial charge >= 0.3 is 0 Å². The Morgan fingerprint density at radius 1 is 1.21 bits per heavy atom. The summed E-state index contributed by atoms with van der Waals surface area (Å²) in [6.07, 6.45) is 3.17. The third kappa shape index (κ3) is 6.06. The number of nitrogens with one attached hydrogen (secondary N) is 1. The van der Waals surface area contributed by atoms with E-state index in [0.29, 0.717) is 17.7 Å². The summed E-state index contributed by atoms with van der Waals surface area (Å²) in [6, 6.07) is 5.78. The first-order valence-electron chi connectivity index (χ1n) is 7.08. The minimum Gasteiger partial charge on any atom is -0.494 e. The molecule has 0 aliphatic heterocycles. The number of benzene rings is 1. The highest BCUT2D eigenvalue weighted by Crippen LogP contribution is 2.20. The first-order chi connectivity index (χ1) is 9.02. The molecule has 0 saturated carbocycles. The van der Waals surface area contributed by atoms with E-state index in [1.807, 2.05) is 6.07 Å². The highest BCUT2D eigenvalue weighted by Gasteiger charge is 2.06. The van der Waals surface area contributed by atoms with Crippen LogP contribution in [0.5, 0.6) is 5.75 Å². The topological polar surface area (TPSA) is 21.3 Å². The SMILES string of the molecule is COc1ccc(CCC(C)CCNC(C)C)cc1F. The molecule has 0 bridgehead atoms. The summed E-state index contributed by atoms with van der Waals surface area (Å²) < 4.78 is 18.4. The minimum absolute atomic E-state index is 0.269. The minimum atomic E-state index is -0.269. The second kappa shape index (κ2) is 8.16. The van der Waals surface area contributed by atoms with Crippen molar-refractivity contribution in [2.75, 3.05) is 13.7 Å². The Morgan fingerprint density at radius 3 is 2.53 bits per heavy atom. The summed E-state index contributed by atoms with van der Waals surface area (Å²) in [7, 11) is 1.49. The van der Waals surface area contributed by atoms with E-state index in [4.69, 9.17) is 4.74 Å². The lowest BCUT2D eigenvalue weighted by molar-refractivity contribution is 0.386. The molecule has 3 heteroatoms. The van der Waals surface area contributed by atoms with Crippen LogP contribution in [0, 0.1) is 11.7 Å². The quantitative estimate of drug-likeness (QED) is 0.773. The van der Waals surface area contributed by atoms with E-state index in [-0.39, 0.29) is 5.82 Å². The van der Waals surface area contributed by atoms with Crippen LogP contribution in [-0.4, -0.2) is 19.7 Å². The van der Waals surface area contributed by atoms with Crippen LogP contribution in [0.4, 0.5) is 4.39 Å². The molecule has 1 unspecified atom stereocenters. The molecule has 1 aromatic carbocycles. The molecule has 0 saturated heterocycles. The molecule has 2 nitrogen and oxygen atoms in total. The fraction of sp³-hybridized carbons (Fsp3) is 0.625. The second-order valence-electron chi connectivity index (χ2n) is 5.51. The molecule has 1 rings (SSSR count). The maximum atomic E-state index is 13.5. The smallest absolute Gasteiger partial charge is 0.165 e. The van der Waals surface area contributed by atoms with Crippen LogP contribution in [0.2, 0.25) is 0 Å². The Morgan fingerprint density at radius 2 is 1.95 bits per heavy atom. The van der Waals surface area contributed by atoms with Crippen molar-refractivity contribution in [1.29, 1.82) is 0 Å². The van der Waals surface area contributed by atoms with Gasteiger partial charge in [-0.25, -0.2) is 4.39 Å². The van der Waals surface area contributed by atoms with Crippen molar-refractivity contribution in [3.63, 3.8) is 0 Å². The normalized spacial score (nSPS) is 12.7. The van der Waals surface area contributed by atoms with Crippen LogP contribution in [0.15, 0.2) is 18.2 Å². The lowest BCUT2D eigenvalue weighted by Crippen LogP contribution is -2.24. The number of halogens is 1. The van der Waals surface area contributed by atoms with Gasteiger partial charge in [-0.2, -0.15) is 0 Å². The van der Waals surface area contributed by atoms with Crippen molar-refractivity contribution in [1.82, 2.24) is 5.32 Å². The van der Waals surface area contributed by atoms with Gasteiger partial charge in [0.2, 0.25) is 0 Å². The summed E-state index contributed by atoms with van der Waals surface area (Å²) >= 11 is 0. The van der Waals surface area contributed by atoms with Crippen LogP contribution < -0.4 is 10.1 Å². The fourth-order valence-corrected chi connectivity index (χ4v) is 2.04. The van der Waals surface area contributed by atoms with Crippen molar-refractivity contribution in [3.05, 3.63) is 29.6 Å². The Kier molecular flexibility index (Phi) is 6.85. The van der Waals surface area contributed by atoms with Crippen molar-refractivity contribution < 1.29 is 9.13 Å². The Bertz CT molecular complexity index is 379. The monoisotopic (exact) mass is 267 g/mol. The number of methoxy groups -OCH3 is 1. The van der Waals surface area contributed by atoms with Gasteiger partial charge in [-0.15, -0.1) is 0 Å². The van der Waals surface area contributed by atoms with Gasteiger partial charge in [0.1, 0.15) is 0 Å². The summed E-state index contributed by atoms with van der Waals surface area (Å²) in [6.45, 7) is 7.62. The molecular weight excluding hydrogens is 241 g/mol. The Balaban J connectivity index is 2.33. The van der Waals surface area contributed by atoms with Crippen molar-refractivity contribution in [3.8, 4) is 5.75 Å². The van der Waals surface area contributed by atoms with E-state index in [1.54, 1.807) is 12.1 Å². The van der Waals surface area contributed by atoms with Crippen LogP contribution in [0.1, 0.15) is 39.2 Å². The van der Waals surface area contributed by atoms with E-state index >= 15 is 0 Å². The van der Waals surface area contributed by atoms with Crippen molar-refractivity contribution in [2.45, 2.75) is 46.1 Å². The molecule has 1 N–H and O–H groups in total. The molecule has 1 aromatic rings. The summed E-state index contributed by atoms with van der Waals surface area (Å²) in [5, 5.41) is 3.42. The zero-order valence-corrected chi connectivity index (χ0v) is 12.5. The van der Waals surface area contributed by atoms with Gasteiger partial charge in [0.15, 0.2) is 11.6 Å². The summed E-state index contributed by atoms with van der Waals surface area (Å²) in [4.78, 5) is 0. The molecule has 0 heterocycles. The number of ether oxygens (including phenoxy) is 1. The number of hydrogen-bond acceptors (Lipinski definition) is 2. The van der Waals surface area contributed by atoms with Gasteiger partial charge in [-0.3, -0.25) is 0 Å². The van der Waals surface area contributed by atoms with Crippen LogP contribution >= 0.6 is 0 Å². The third-order valence-corrected chi connectivity index (χ3v) is 3.33. The molecule has 0 fully saturated rings. The molecule has 1 atom stereocenters. The average Bonchev–Trinajstić information content (AvgIpc) is 2.36. The molecule has 0 aromatic heterocycles. The number of rotatable bonds is 8.